The van der Waals surface area contributed by atoms with E-state index >= 15 is 0 Å². The first-order valence-corrected chi connectivity index (χ1v) is 7.47. The Balaban J connectivity index is 3.77. The van der Waals surface area contributed by atoms with E-state index < -0.39 is 5.97 Å². The number of rotatable bonds is 12. The van der Waals surface area contributed by atoms with Crippen molar-refractivity contribution in [1.29, 1.82) is 0 Å². The number of aliphatic carboxylic acids is 1. The van der Waals surface area contributed by atoms with Gasteiger partial charge in [-0.05, 0) is 6.42 Å². The van der Waals surface area contributed by atoms with Crippen LogP contribution in [0.15, 0.2) is 0 Å². The number of carbonyl (C=O) groups excluding carboxylic acids is 1. The SMILES string of the molecule is CCCCCCCCOC(CC(=O)[O-])C[N+](C)(C)C. The number of hydrogen-bond donors (Lipinski definition) is 0. The Bertz CT molecular complexity index is 236. The maximum Gasteiger partial charge on any atom is 0.112 e. The Morgan fingerprint density at radius 3 is 2.21 bits per heavy atom. The molecule has 4 heteroatoms. The molecule has 1 atom stereocenters. The van der Waals surface area contributed by atoms with Gasteiger partial charge in [-0.25, -0.2) is 0 Å². The van der Waals surface area contributed by atoms with Gasteiger partial charge in [-0.1, -0.05) is 39.0 Å². The van der Waals surface area contributed by atoms with Gasteiger partial charge in [0.25, 0.3) is 0 Å². The van der Waals surface area contributed by atoms with E-state index in [-0.39, 0.29) is 12.5 Å². The lowest BCUT2D eigenvalue weighted by atomic mass is 10.1. The summed E-state index contributed by atoms with van der Waals surface area (Å²) in [6.07, 6.45) is 7.04. The van der Waals surface area contributed by atoms with Crippen molar-refractivity contribution in [3.05, 3.63) is 0 Å². The van der Waals surface area contributed by atoms with Crippen molar-refractivity contribution in [2.24, 2.45) is 0 Å². The van der Waals surface area contributed by atoms with Gasteiger partial charge in [0, 0.05) is 19.0 Å². The second-order valence-corrected chi connectivity index (χ2v) is 6.31. The van der Waals surface area contributed by atoms with Crippen LogP contribution in [0.1, 0.15) is 51.9 Å². The van der Waals surface area contributed by atoms with E-state index in [0.29, 0.717) is 17.6 Å². The summed E-state index contributed by atoms with van der Waals surface area (Å²) >= 11 is 0. The van der Waals surface area contributed by atoms with Gasteiger partial charge in [0.15, 0.2) is 0 Å². The van der Waals surface area contributed by atoms with Crippen LogP contribution < -0.4 is 5.11 Å². The van der Waals surface area contributed by atoms with Gasteiger partial charge in [-0.3, -0.25) is 0 Å². The van der Waals surface area contributed by atoms with Crippen molar-refractivity contribution in [1.82, 2.24) is 0 Å². The maximum absolute atomic E-state index is 10.7. The molecule has 19 heavy (non-hydrogen) atoms. The Morgan fingerprint density at radius 1 is 1.11 bits per heavy atom. The van der Waals surface area contributed by atoms with Crippen molar-refractivity contribution < 1.29 is 19.1 Å². The van der Waals surface area contributed by atoms with E-state index in [9.17, 15) is 9.90 Å². The first-order chi connectivity index (χ1) is 8.85. The highest BCUT2D eigenvalue weighted by molar-refractivity contribution is 5.64. The molecule has 0 aromatic rings. The topological polar surface area (TPSA) is 49.4 Å². The molecule has 0 bridgehead atoms. The van der Waals surface area contributed by atoms with Gasteiger partial charge in [-0.2, -0.15) is 0 Å². The summed E-state index contributed by atoms with van der Waals surface area (Å²) in [7, 11) is 6.11. The lowest BCUT2D eigenvalue weighted by molar-refractivity contribution is -0.873. The van der Waals surface area contributed by atoms with Crippen LogP contribution in [-0.2, 0) is 9.53 Å². The van der Waals surface area contributed by atoms with E-state index in [2.05, 4.69) is 6.92 Å². The van der Waals surface area contributed by atoms with Gasteiger partial charge in [0.2, 0.25) is 0 Å². The summed E-state index contributed by atoms with van der Waals surface area (Å²) in [5.74, 6) is -1.03. The first-order valence-electron chi connectivity index (χ1n) is 7.47. The summed E-state index contributed by atoms with van der Waals surface area (Å²) in [4.78, 5) is 10.7. The first kappa shape index (κ1) is 18.4. The van der Waals surface area contributed by atoms with E-state index in [1.165, 1.54) is 32.1 Å². The summed E-state index contributed by atoms with van der Waals surface area (Å²) in [6.45, 7) is 3.56. The Hall–Kier alpha value is -0.610. The molecule has 0 aliphatic heterocycles. The normalized spacial score (nSPS) is 13.5. The predicted octanol–water partition coefficient (Wildman–Crippen LogP) is 1.58. The number of carboxylic acid groups (broad SMARTS) is 1. The molecular weight excluding hydrogens is 242 g/mol. The Labute approximate surface area is 118 Å². The average Bonchev–Trinajstić information content (AvgIpc) is 2.24. The molecule has 0 aliphatic rings. The fourth-order valence-corrected chi connectivity index (χ4v) is 2.11. The van der Waals surface area contributed by atoms with Crippen molar-refractivity contribution in [3.63, 3.8) is 0 Å². The molecule has 0 saturated heterocycles. The molecule has 1 unspecified atom stereocenters. The fourth-order valence-electron chi connectivity index (χ4n) is 2.11. The number of ether oxygens (including phenoxy) is 1. The third kappa shape index (κ3) is 13.6. The molecule has 0 heterocycles. The third-order valence-corrected chi connectivity index (χ3v) is 3.00. The molecule has 0 spiro atoms. The standard InChI is InChI=1S/C15H31NO3/c1-5-6-7-8-9-10-11-19-14(12-15(17)18)13-16(2,3)4/h14H,5-13H2,1-4H3. The van der Waals surface area contributed by atoms with Crippen molar-refractivity contribution >= 4 is 5.97 Å². The summed E-state index contributed by atoms with van der Waals surface area (Å²) in [6, 6.07) is 0. The molecular formula is C15H31NO3. The van der Waals surface area contributed by atoms with E-state index in [0.717, 1.165) is 6.42 Å². The minimum absolute atomic E-state index is 0.00858. The molecule has 0 aromatic heterocycles. The largest absolute Gasteiger partial charge is 0.550 e. The molecule has 0 aromatic carbocycles. The van der Waals surface area contributed by atoms with E-state index in [1.807, 2.05) is 21.1 Å². The summed E-state index contributed by atoms with van der Waals surface area (Å²) in [5.41, 5.74) is 0. The summed E-state index contributed by atoms with van der Waals surface area (Å²) < 4.78 is 6.40. The zero-order valence-electron chi connectivity index (χ0n) is 13.1. The number of nitrogens with zero attached hydrogens (tertiary/aromatic N) is 1. The monoisotopic (exact) mass is 273 g/mol. The minimum atomic E-state index is -1.03. The fraction of sp³-hybridized carbons (Fsp3) is 0.933. The Morgan fingerprint density at radius 2 is 1.68 bits per heavy atom. The van der Waals surface area contributed by atoms with Crippen molar-refractivity contribution in [2.75, 3.05) is 34.3 Å². The average molecular weight is 273 g/mol. The van der Waals surface area contributed by atoms with Crippen LogP contribution in [0.3, 0.4) is 0 Å². The van der Waals surface area contributed by atoms with Crippen LogP contribution in [0.25, 0.3) is 0 Å². The molecule has 0 radical (unpaired) electrons. The smallest absolute Gasteiger partial charge is 0.112 e. The number of unbranched alkanes of at least 4 members (excludes halogenated alkanes) is 5. The van der Waals surface area contributed by atoms with Gasteiger partial charge >= 0.3 is 0 Å². The molecule has 0 amide bonds. The molecule has 4 nitrogen and oxygen atoms in total. The predicted molar refractivity (Wildman–Crippen MR) is 75.6 cm³/mol. The molecule has 0 aliphatic carbocycles. The Kier molecular flexibility index (Phi) is 9.88. The van der Waals surface area contributed by atoms with Crippen LogP contribution >= 0.6 is 0 Å². The van der Waals surface area contributed by atoms with Crippen LogP contribution in [-0.4, -0.2) is 50.9 Å². The number of quaternary nitrogens is 1. The molecule has 0 rings (SSSR count). The lowest BCUT2D eigenvalue weighted by Gasteiger charge is -2.29. The van der Waals surface area contributed by atoms with Gasteiger partial charge in [-0.15, -0.1) is 0 Å². The minimum Gasteiger partial charge on any atom is -0.550 e. The van der Waals surface area contributed by atoms with E-state index in [4.69, 9.17) is 4.74 Å². The van der Waals surface area contributed by atoms with Crippen molar-refractivity contribution in [3.8, 4) is 0 Å². The molecule has 114 valence electrons. The molecule has 0 saturated carbocycles. The van der Waals surface area contributed by atoms with Gasteiger partial charge in [0.05, 0.1) is 21.1 Å². The number of hydrogen-bond acceptors (Lipinski definition) is 3. The maximum atomic E-state index is 10.7. The third-order valence-electron chi connectivity index (χ3n) is 3.00. The van der Waals surface area contributed by atoms with Gasteiger partial charge in [0.1, 0.15) is 12.6 Å². The van der Waals surface area contributed by atoms with Crippen LogP contribution in [0.5, 0.6) is 0 Å². The van der Waals surface area contributed by atoms with Gasteiger partial charge < -0.3 is 19.1 Å². The van der Waals surface area contributed by atoms with Crippen LogP contribution in [0.2, 0.25) is 0 Å². The number of carboxylic acids is 1. The molecule has 0 N–H and O–H groups in total. The quantitative estimate of drug-likeness (QED) is 0.401. The number of likely N-dealkylation sites (N-methyl/N-ethyl adjacent to an activating group) is 1. The zero-order chi connectivity index (χ0) is 14.7. The molecule has 0 fully saturated rings. The van der Waals surface area contributed by atoms with Crippen LogP contribution in [0.4, 0.5) is 0 Å². The number of carbonyl (C=O) groups is 1. The van der Waals surface area contributed by atoms with Crippen molar-refractivity contribution in [2.45, 2.75) is 58.0 Å². The summed E-state index contributed by atoms with van der Waals surface area (Å²) in [5, 5.41) is 10.7. The second kappa shape index (κ2) is 10.2. The van der Waals surface area contributed by atoms with E-state index in [1.54, 1.807) is 0 Å². The highest BCUT2D eigenvalue weighted by Crippen LogP contribution is 2.08. The highest BCUT2D eigenvalue weighted by Gasteiger charge is 2.18. The zero-order valence-corrected chi connectivity index (χ0v) is 13.1. The highest BCUT2D eigenvalue weighted by atomic mass is 16.5. The second-order valence-electron chi connectivity index (χ2n) is 6.31. The lowest BCUT2D eigenvalue weighted by Crippen LogP contribution is -2.44. The van der Waals surface area contributed by atoms with Crippen LogP contribution in [0, 0.1) is 0 Å².